The fourth-order valence-corrected chi connectivity index (χ4v) is 1.94. The van der Waals surface area contributed by atoms with E-state index < -0.39 is 0 Å². The van der Waals surface area contributed by atoms with Crippen molar-refractivity contribution in [3.63, 3.8) is 0 Å². The lowest BCUT2D eigenvalue weighted by molar-refractivity contribution is -0.122. The van der Waals surface area contributed by atoms with Gasteiger partial charge < -0.3 is 0 Å². The number of carbonyl (C=O) groups is 1. The molecule has 1 aliphatic rings. The van der Waals surface area contributed by atoms with Crippen molar-refractivity contribution in [3.8, 4) is 0 Å². The zero-order valence-electron chi connectivity index (χ0n) is 9.85. The van der Waals surface area contributed by atoms with E-state index in [-0.39, 0.29) is 11.5 Å². The average Bonchev–Trinajstić information content (AvgIpc) is 2.33. The minimum absolute atomic E-state index is 0.0995. The van der Waals surface area contributed by atoms with E-state index in [2.05, 4.69) is 25.7 Å². The first-order chi connectivity index (χ1) is 5.93. The molecule has 78 valence electrons. The van der Waals surface area contributed by atoms with Gasteiger partial charge in [-0.05, 0) is 12.5 Å². The predicted molar refractivity (Wildman–Crippen MR) is 56.8 cm³/mol. The maximum absolute atomic E-state index is 11.4. The SMILES string of the molecule is CC.CN1CCC(=O)C1C(C)(C)C. The van der Waals surface area contributed by atoms with Crippen LogP contribution in [0.5, 0.6) is 0 Å². The maximum atomic E-state index is 11.4. The lowest BCUT2D eigenvalue weighted by atomic mass is 9.85. The highest BCUT2D eigenvalue weighted by Crippen LogP contribution is 2.28. The van der Waals surface area contributed by atoms with Gasteiger partial charge in [0.05, 0.1) is 6.04 Å². The third-order valence-corrected chi connectivity index (χ3v) is 2.28. The molecule has 2 heteroatoms. The molecule has 1 fully saturated rings. The molecule has 0 aromatic heterocycles. The Kier molecular flexibility index (Phi) is 4.62. The molecule has 0 N–H and O–H groups in total. The second-order valence-electron chi connectivity index (χ2n) is 4.47. The molecule has 1 rings (SSSR count). The standard InChI is InChI=1S/C9H17NO.C2H6/c1-9(2,3)8-7(11)5-6-10(8)4;1-2/h8H,5-6H2,1-4H3;1-2H3. The van der Waals surface area contributed by atoms with Crippen LogP contribution in [-0.4, -0.2) is 30.3 Å². The molecule has 1 atom stereocenters. The minimum atomic E-state index is 0.0995. The van der Waals surface area contributed by atoms with E-state index in [1.54, 1.807) is 0 Å². The number of rotatable bonds is 0. The Hall–Kier alpha value is -0.370. The van der Waals surface area contributed by atoms with Gasteiger partial charge in [0.1, 0.15) is 0 Å². The molecule has 1 aliphatic heterocycles. The normalized spacial score (nSPS) is 24.2. The zero-order chi connectivity index (χ0) is 10.6. The van der Waals surface area contributed by atoms with E-state index in [1.165, 1.54) is 0 Å². The Bertz CT molecular complexity index is 169. The summed E-state index contributed by atoms with van der Waals surface area (Å²) in [6.07, 6.45) is 0.735. The molecule has 1 heterocycles. The molecule has 0 saturated carbocycles. The molecule has 13 heavy (non-hydrogen) atoms. The Morgan fingerprint density at radius 3 is 1.92 bits per heavy atom. The number of likely N-dealkylation sites (N-methyl/N-ethyl adjacent to an activating group) is 1. The number of hydrogen-bond donors (Lipinski definition) is 0. The van der Waals surface area contributed by atoms with E-state index in [1.807, 2.05) is 20.9 Å². The summed E-state index contributed by atoms with van der Waals surface area (Å²) in [6.45, 7) is 11.3. The molecule has 0 radical (unpaired) electrons. The fraction of sp³-hybridized carbons (Fsp3) is 0.909. The molecule has 0 aromatic carbocycles. The summed E-state index contributed by atoms with van der Waals surface area (Å²) >= 11 is 0. The van der Waals surface area contributed by atoms with Crippen LogP contribution in [-0.2, 0) is 4.79 Å². The quantitative estimate of drug-likeness (QED) is 0.577. The van der Waals surface area contributed by atoms with Gasteiger partial charge in [0.25, 0.3) is 0 Å². The van der Waals surface area contributed by atoms with Crippen molar-refractivity contribution in [2.24, 2.45) is 5.41 Å². The first-order valence-corrected chi connectivity index (χ1v) is 5.16. The van der Waals surface area contributed by atoms with Gasteiger partial charge in [0.15, 0.2) is 5.78 Å². The Morgan fingerprint density at radius 1 is 1.31 bits per heavy atom. The van der Waals surface area contributed by atoms with E-state index in [9.17, 15) is 4.79 Å². The van der Waals surface area contributed by atoms with Crippen LogP contribution in [0.25, 0.3) is 0 Å². The minimum Gasteiger partial charge on any atom is -0.298 e. The molecular formula is C11H23NO. The van der Waals surface area contributed by atoms with E-state index in [0.717, 1.165) is 13.0 Å². The largest absolute Gasteiger partial charge is 0.298 e. The van der Waals surface area contributed by atoms with Crippen molar-refractivity contribution in [1.82, 2.24) is 4.90 Å². The van der Waals surface area contributed by atoms with Crippen LogP contribution in [0.3, 0.4) is 0 Å². The van der Waals surface area contributed by atoms with Gasteiger partial charge in [-0.25, -0.2) is 0 Å². The maximum Gasteiger partial charge on any atom is 0.151 e. The fourth-order valence-electron chi connectivity index (χ4n) is 1.94. The number of likely N-dealkylation sites (tertiary alicyclic amines) is 1. The van der Waals surface area contributed by atoms with Crippen molar-refractivity contribution in [2.75, 3.05) is 13.6 Å². The highest BCUT2D eigenvalue weighted by Gasteiger charge is 2.38. The van der Waals surface area contributed by atoms with Gasteiger partial charge in [0, 0.05) is 13.0 Å². The van der Waals surface area contributed by atoms with Crippen LogP contribution < -0.4 is 0 Å². The van der Waals surface area contributed by atoms with E-state index in [4.69, 9.17) is 0 Å². The molecule has 0 aromatic rings. The second-order valence-corrected chi connectivity index (χ2v) is 4.47. The summed E-state index contributed by atoms with van der Waals surface area (Å²) < 4.78 is 0. The van der Waals surface area contributed by atoms with Crippen molar-refractivity contribution in [3.05, 3.63) is 0 Å². The molecular weight excluding hydrogens is 162 g/mol. The summed E-state index contributed by atoms with van der Waals surface area (Å²) in [5, 5.41) is 0. The lowest BCUT2D eigenvalue weighted by Gasteiger charge is -2.30. The summed E-state index contributed by atoms with van der Waals surface area (Å²) in [5.74, 6) is 0.403. The van der Waals surface area contributed by atoms with Crippen molar-refractivity contribution in [2.45, 2.75) is 47.1 Å². The van der Waals surface area contributed by atoms with Crippen LogP contribution in [0.4, 0.5) is 0 Å². The molecule has 0 aliphatic carbocycles. The van der Waals surface area contributed by atoms with Crippen LogP contribution in [0, 0.1) is 5.41 Å². The number of ketones is 1. The highest BCUT2D eigenvalue weighted by atomic mass is 16.1. The van der Waals surface area contributed by atoms with Crippen LogP contribution in [0.15, 0.2) is 0 Å². The Balaban J connectivity index is 0.000000671. The second kappa shape index (κ2) is 4.75. The number of Topliss-reactive ketones (excluding diaryl/α,β-unsaturated/α-hetero) is 1. The van der Waals surface area contributed by atoms with Crippen LogP contribution >= 0.6 is 0 Å². The number of carbonyl (C=O) groups excluding carboxylic acids is 1. The van der Waals surface area contributed by atoms with Crippen LogP contribution in [0.2, 0.25) is 0 Å². The highest BCUT2D eigenvalue weighted by molar-refractivity contribution is 5.86. The van der Waals surface area contributed by atoms with Crippen molar-refractivity contribution >= 4 is 5.78 Å². The average molecular weight is 185 g/mol. The van der Waals surface area contributed by atoms with Gasteiger partial charge in [-0.3, -0.25) is 9.69 Å². The summed E-state index contributed by atoms with van der Waals surface area (Å²) in [7, 11) is 2.03. The third-order valence-electron chi connectivity index (χ3n) is 2.28. The topological polar surface area (TPSA) is 20.3 Å². The van der Waals surface area contributed by atoms with Crippen molar-refractivity contribution in [1.29, 1.82) is 0 Å². The van der Waals surface area contributed by atoms with Gasteiger partial charge in [-0.1, -0.05) is 34.6 Å². The van der Waals surface area contributed by atoms with E-state index >= 15 is 0 Å². The molecule has 0 amide bonds. The van der Waals surface area contributed by atoms with Crippen LogP contribution in [0.1, 0.15) is 41.0 Å². The summed E-state index contributed by atoms with van der Waals surface area (Å²) in [6, 6.07) is 0.141. The van der Waals surface area contributed by atoms with Gasteiger partial charge in [-0.2, -0.15) is 0 Å². The molecule has 1 saturated heterocycles. The van der Waals surface area contributed by atoms with Gasteiger partial charge >= 0.3 is 0 Å². The van der Waals surface area contributed by atoms with Crippen molar-refractivity contribution < 1.29 is 4.79 Å². The summed E-state index contributed by atoms with van der Waals surface area (Å²) in [5.41, 5.74) is 0.0995. The number of hydrogen-bond acceptors (Lipinski definition) is 2. The predicted octanol–water partition coefficient (Wildman–Crippen LogP) is 2.33. The molecule has 2 nitrogen and oxygen atoms in total. The first-order valence-electron chi connectivity index (χ1n) is 5.16. The van der Waals surface area contributed by atoms with E-state index in [0.29, 0.717) is 5.78 Å². The zero-order valence-corrected chi connectivity index (χ0v) is 9.85. The first kappa shape index (κ1) is 12.6. The lowest BCUT2D eigenvalue weighted by Crippen LogP contribution is -2.40. The van der Waals surface area contributed by atoms with Gasteiger partial charge in [0.2, 0.25) is 0 Å². The molecule has 1 unspecified atom stereocenters. The smallest absolute Gasteiger partial charge is 0.151 e. The van der Waals surface area contributed by atoms with Gasteiger partial charge in [-0.15, -0.1) is 0 Å². The molecule has 0 spiro atoms. The molecule has 0 bridgehead atoms. The third kappa shape index (κ3) is 3.11. The Labute approximate surface area is 82.3 Å². The summed E-state index contributed by atoms with van der Waals surface area (Å²) in [4.78, 5) is 13.5. The Morgan fingerprint density at radius 2 is 1.77 bits per heavy atom. The number of nitrogens with zero attached hydrogens (tertiary/aromatic N) is 1. The monoisotopic (exact) mass is 185 g/mol.